The first-order valence-electron chi connectivity index (χ1n) is 7.07. The number of halogens is 3. The molecule has 0 spiro atoms. The molecule has 6 heteroatoms. The lowest BCUT2D eigenvalue weighted by molar-refractivity contribution is -0.140. The Balaban J connectivity index is 2.78. The maximum absolute atomic E-state index is 12.5. The van der Waals surface area contributed by atoms with Crippen LogP contribution >= 0.6 is 0 Å². The zero-order valence-electron chi connectivity index (χ0n) is 12.3. The molecule has 0 fully saturated rings. The van der Waals surface area contributed by atoms with Gasteiger partial charge in [-0.25, -0.2) is 0 Å². The van der Waals surface area contributed by atoms with Gasteiger partial charge in [-0.05, 0) is 37.1 Å². The molecule has 0 saturated carbocycles. The van der Waals surface area contributed by atoms with Crippen molar-refractivity contribution in [2.75, 3.05) is 25.0 Å². The van der Waals surface area contributed by atoms with Gasteiger partial charge in [0.1, 0.15) is 6.54 Å². The molecule has 1 rings (SSSR count). The van der Waals surface area contributed by atoms with Gasteiger partial charge >= 0.3 is 6.18 Å². The molecule has 0 aromatic heterocycles. The van der Waals surface area contributed by atoms with Gasteiger partial charge in [0, 0.05) is 24.3 Å². The van der Waals surface area contributed by atoms with Gasteiger partial charge in [-0.15, -0.1) is 0 Å². The molecule has 0 aliphatic heterocycles. The molecule has 1 aromatic rings. The monoisotopic (exact) mass is 302 g/mol. The van der Waals surface area contributed by atoms with Crippen LogP contribution in [0.15, 0.2) is 24.3 Å². The molecule has 0 heterocycles. The number of carbonyl (C=O) groups excluding carboxylic acids is 1. The van der Waals surface area contributed by atoms with E-state index in [0.717, 1.165) is 23.6 Å². The van der Waals surface area contributed by atoms with E-state index >= 15 is 0 Å². The van der Waals surface area contributed by atoms with Gasteiger partial charge in [-0.2, -0.15) is 13.2 Å². The SMILES string of the molecule is CCCNc1ccc(C(=O)N(CCC)CC(F)(F)F)cc1. The highest BCUT2D eigenvalue weighted by atomic mass is 19.4. The normalized spacial score (nSPS) is 11.3. The number of anilines is 1. The Labute approximate surface area is 123 Å². The zero-order valence-corrected chi connectivity index (χ0v) is 12.3. The van der Waals surface area contributed by atoms with Crippen molar-refractivity contribution in [3.8, 4) is 0 Å². The summed E-state index contributed by atoms with van der Waals surface area (Å²) >= 11 is 0. The fraction of sp³-hybridized carbons (Fsp3) is 0.533. The molecule has 1 N–H and O–H groups in total. The first-order valence-corrected chi connectivity index (χ1v) is 7.07. The van der Waals surface area contributed by atoms with Gasteiger partial charge in [0.25, 0.3) is 5.91 Å². The number of nitrogens with zero attached hydrogens (tertiary/aromatic N) is 1. The summed E-state index contributed by atoms with van der Waals surface area (Å²) in [6, 6.07) is 6.53. The molecule has 118 valence electrons. The minimum absolute atomic E-state index is 0.0914. The van der Waals surface area contributed by atoms with E-state index in [-0.39, 0.29) is 12.1 Å². The van der Waals surface area contributed by atoms with Crippen LogP contribution in [0, 0.1) is 0 Å². The molecule has 0 saturated heterocycles. The molecule has 0 aliphatic rings. The summed E-state index contributed by atoms with van der Waals surface area (Å²) in [6.45, 7) is 3.46. The Morgan fingerprint density at radius 3 is 2.24 bits per heavy atom. The van der Waals surface area contributed by atoms with Crippen molar-refractivity contribution in [1.82, 2.24) is 4.90 Å². The number of carbonyl (C=O) groups is 1. The van der Waals surface area contributed by atoms with E-state index < -0.39 is 18.6 Å². The number of hydrogen-bond acceptors (Lipinski definition) is 2. The number of alkyl halides is 3. The lowest BCUT2D eigenvalue weighted by Crippen LogP contribution is -2.39. The number of benzene rings is 1. The van der Waals surface area contributed by atoms with Gasteiger partial charge in [-0.3, -0.25) is 4.79 Å². The molecule has 21 heavy (non-hydrogen) atoms. The standard InChI is InChI=1S/C15H21F3N2O/c1-3-9-19-13-7-5-12(6-8-13)14(21)20(10-4-2)11-15(16,17)18/h5-8,19H,3-4,9-11H2,1-2H3. The second kappa shape index (κ2) is 7.90. The van der Waals surface area contributed by atoms with Crippen LogP contribution in [0.4, 0.5) is 18.9 Å². The van der Waals surface area contributed by atoms with E-state index in [1.807, 2.05) is 6.92 Å². The Kier molecular flexibility index (Phi) is 6.52. The summed E-state index contributed by atoms with van der Waals surface area (Å²) in [5, 5.41) is 3.15. The van der Waals surface area contributed by atoms with Crippen LogP contribution in [-0.2, 0) is 0 Å². The number of amides is 1. The third kappa shape index (κ3) is 6.06. The topological polar surface area (TPSA) is 32.3 Å². The van der Waals surface area contributed by atoms with Crippen LogP contribution in [0.3, 0.4) is 0 Å². The fourth-order valence-electron chi connectivity index (χ4n) is 1.92. The summed E-state index contributed by atoms with van der Waals surface area (Å²) in [7, 11) is 0. The first-order chi connectivity index (χ1) is 9.87. The van der Waals surface area contributed by atoms with Crippen molar-refractivity contribution in [3.63, 3.8) is 0 Å². The minimum Gasteiger partial charge on any atom is -0.385 e. The van der Waals surface area contributed by atoms with Crippen LogP contribution < -0.4 is 5.32 Å². The van der Waals surface area contributed by atoms with Gasteiger partial charge in [0.2, 0.25) is 0 Å². The van der Waals surface area contributed by atoms with Crippen LogP contribution in [0.25, 0.3) is 0 Å². The van der Waals surface area contributed by atoms with Gasteiger partial charge in [0.05, 0.1) is 0 Å². The van der Waals surface area contributed by atoms with Crippen molar-refractivity contribution in [2.24, 2.45) is 0 Å². The number of nitrogens with one attached hydrogen (secondary N) is 1. The highest BCUT2D eigenvalue weighted by Gasteiger charge is 2.32. The van der Waals surface area contributed by atoms with Crippen molar-refractivity contribution < 1.29 is 18.0 Å². The van der Waals surface area contributed by atoms with E-state index in [9.17, 15) is 18.0 Å². The van der Waals surface area contributed by atoms with Crippen LogP contribution in [0.1, 0.15) is 37.0 Å². The quantitative estimate of drug-likeness (QED) is 0.828. The van der Waals surface area contributed by atoms with E-state index in [0.29, 0.717) is 6.42 Å². The fourth-order valence-corrected chi connectivity index (χ4v) is 1.92. The lowest BCUT2D eigenvalue weighted by atomic mass is 10.1. The van der Waals surface area contributed by atoms with E-state index in [4.69, 9.17) is 0 Å². The number of rotatable bonds is 7. The molecular weight excluding hydrogens is 281 g/mol. The van der Waals surface area contributed by atoms with Crippen molar-refractivity contribution >= 4 is 11.6 Å². The second-order valence-corrected chi connectivity index (χ2v) is 4.85. The maximum Gasteiger partial charge on any atom is 0.406 e. The molecule has 1 aromatic carbocycles. The highest BCUT2D eigenvalue weighted by Crippen LogP contribution is 2.19. The summed E-state index contributed by atoms with van der Waals surface area (Å²) in [5.74, 6) is -0.587. The predicted octanol–water partition coefficient (Wildman–Crippen LogP) is 3.92. The van der Waals surface area contributed by atoms with Crippen LogP contribution in [0.2, 0.25) is 0 Å². The smallest absolute Gasteiger partial charge is 0.385 e. The molecule has 3 nitrogen and oxygen atoms in total. The minimum atomic E-state index is -4.38. The van der Waals surface area contributed by atoms with Crippen LogP contribution in [0.5, 0.6) is 0 Å². The van der Waals surface area contributed by atoms with E-state index in [1.165, 1.54) is 0 Å². The van der Waals surface area contributed by atoms with Crippen molar-refractivity contribution in [2.45, 2.75) is 32.9 Å². The Morgan fingerprint density at radius 2 is 1.76 bits per heavy atom. The van der Waals surface area contributed by atoms with Crippen LogP contribution in [-0.4, -0.2) is 36.6 Å². The third-order valence-electron chi connectivity index (χ3n) is 2.86. The molecule has 0 bridgehead atoms. The maximum atomic E-state index is 12.5. The Bertz CT molecular complexity index is 443. The number of hydrogen-bond donors (Lipinski definition) is 1. The Hall–Kier alpha value is -1.72. The Morgan fingerprint density at radius 1 is 1.14 bits per heavy atom. The first kappa shape index (κ1) is 17.3. The third-order valence-corrected chi connectivity index (χ3v) is 2.86. The molecule has 0 atom stereocenters. The highest BCUT2D eigenvalue weighted by molar-refractivity contribution is 5.94. The summed E-state index contributed by atoms with van der Waals surface area (Å²) in [6.07, 6.45) is -2.93. The average Bonchev–Trinajstić information content (AvgIpc) is 2.43. The van der Waals surface area contributed by atoms with E-state index in [2.05, 4.69) is 5.32 Å². The second-order valence-electron chi connectivity index (χ2n) is 4.85. The van der Waals surface area contributed by atoms with Gasteiger partial charge in [-0.1, -0.05) is 13.8 Å². The zero-order chi connectivity index (χ0) is 15.9. The van der Waals surface area contributed by atoms with Crippen molar-refractivity contribution in [3.05, 3.63) is 29.8 Å². The van der Waals surface area contributed by atoms with E-state index in [1.54, 1.807) is 31.2 Å². The molecule has 0 aliphatic carbocycles. The van der Waals surface area contributed by atoms with Gasteiger partial charge < -0.3 is 10.2 Å². The largest absolute Gasteiger partial charge is 0.406 e. The molecule has 0 radical (unpaired) electrons. The molecule has 0 unspecified atom stereocenters. The molecular formula is C15H21F3N2O. The van der Waals surface area contributed by atoms with Gasteiger partial charge in [0.15, 0.2) is 0 Å². The summed E-state index contributed by atoms with van der Waals surface area (Å²) in [4.78, 5) is 13.0. The average molecular weight is 302 g/mol. The summed E-state index contributed by atoms with van der Waals surface area (Å²) < 4.78 is 37.5. The van der Waals surface area contributed by atoms with Crippen molar-refractivity contribution in [1.29, 1.82) is 0 Å². The summed E-state index contributed by atoms with van der Waals surface area (Å²) in [5.41, 5.74) is 1.13. The molecule has 1 amide bonds. The lowest BCUT2D eigenvalue weighted by Gasteiger charge is -2.23. The predicted molar refractivity (Wildman–Crippen MR) is 77.5 cm³/mol.